The van der Waals surface area contributed by atoms with Crippen molar-refractivity contribution < 1.29 is 9.90 Å². The summed E-state index contributed by atoms with van der Waals surface area (Å²) in [7, 11) is 0. The highest BCUT2D eigenvalue weighted by Crippen LogP contribution is 2.36. The summed E-state index contributed by atoms with van der Waals surface area (Å²) < 4.78 is 0. The van der Waals surface area contributed by atoms with Crippen molar-refractivity contribution in [2.75, 3.05) is 11.9 Å². The van der Waals surface area contributed by atoms with Gasteiger partial charge in [0.15, 0.2) is 0 Å². The number of hydrogen-bond acceptors (Lipinski definition) is 2. The van der Waals surface area contributed by atoms with Crippen LogP contribution in [0.25, 0.3) is 0 Å². The van der Waals surface area contributed by atoms with E-state index in [0.29, 0.717) is 11.5 Å². The fourth-order valence-corrected chi connectivity index (χ4v) is 2.23. The number of carboxylic acids is 1. The number of benzene rings is 1. The maximum atomic E-state index is 11.0. The number of aromatic carboxylic acids is 1. The smallest absolute Gasteiger partial charge is 0.337 e. The van der Waals surface area contributed by atoms with Crippen molar-refractivity contribution in [2.45, 2.75) is 25.7 Å². The van der Waals surface area contributed by atoms with Crippen LogP contribution in [0.3, 0.4) is 0 Å². The van der Waals surface area contributed by atoms with Gasteiger partial charge >= 0.3 is 5.97 Å². The first-order valence-electron chi connectivity index (χ1n) is 5.34. The molecule has 0 aromatic heterocycles. The summed E-state index contributed by atoms with van der Waals surface area (Å²) in [5.41, 5.74) is 2.38. The van der Waals surface area contributed by atoms with Gasteiger partial charge < -0.3 is 10.4 Å². The Morgan fingerprint density at radius 3 is 3.07 bits per heavy atom. The number of hydrogen-bond donors (Lipinski definition) is 2. The van der Waals surface area contributed by atoms with E-state index in [-0.39, 0.29) is 0 Å². The van der Waals surface area contributed by atoms with Gasteiger partial charge in [-0.05, 0) is 18.1 Å². The molecule has 3 heteroatoms. The van der Waals surface area contributed by atoms with E-state index < -0.39 is 5.97 Å². The van der Waals surface area contributed by atoms with E-state index >= 15 is 0 Å². The molecule has 0 saturated heterocycles. The highest BCUT2D eigenvalue weighted by atomic mass is 16.4. The van der Waals surface area contributed by atoms with Crippen molar-refractivity contribution in [3.8, 4) is 0 Å². The zero-order valence-electron chi connectivity index (χ0n) is 8.79. The molecule has 0 unspecified atom stereocenters. The Hall–Kier alpha value is -1.51. The fourth-order valence-electron chi connectivity index (χ4n) is 2.23. The van der Waals surface area contributed by atoms with Crippen LogP contribution in [0, 0.1) is 0 Å². The Morgan fingerprint density at radius 2 is 2.40 bits per heavy atom. The normalized spacial score (nSPS) is 18.3. The molecule has 0 radical (unpaired) electrons. The summed E-state index contributed by atoms with van der Waals surface area (Å²) in [5, 5.41) is 12.2. The molecule has 1 atom stereocenters. The Balaban J connectivity index is 2.39. The number of carboxylic acid groups (broad SMARTS) is 1. The summed E-state index contributed by atoms with van der Waals surface area (Å²) in [5.74, 6) is -0.374. The lowest BCUT2D eigenvalue weighted by Gasteiger charge is -2.08. The van der Waals surface area contributed by atoms with E-state index in [1.54, 1.807) is 6.07 Å². The molecule has 0 spiro atoms. The van der Waals surface area contributed by atoms with Crippen LogP contribution >= 0.6 is 0 Å². The molecule has 15 heavy (non-hydrogen) atoms. The first kappa shape index (κ1) is 10.0. The number of para-hydroxylation sites is 1. The van der Waals surface area contributed by atoms with E-state index in [0.717, 1.165) is 30.6 Å². The summed E-state index contributed by atoms with van der Waals surface area (Å²) in [6, 6.07) is 5.52. The van der Waals surface area contributed by atoms with Crippen LogP contribution in [-0.2, 0) is 0 Å². The minimum atomic E-state index is -0.850. The minimum absolute atomic E-state index is 0.395. The zero-order chi connectivity index (χ0) is 10.8. The van der Waals surface area contributed by atoms with Crippen LogP contribution in [0.5, 0.6) is 0 Å². The van der Waals surface area contributed by atoms with Gasteiger partial charge in [-0.1, -0.05) is 25.5 Å². The number of rotatable bonds is 3. The van der Waals surface area contributed by atoms with Crippen molar-refractivity contribution >= 4 is 11.7 Å². The lowest BCUT2D eigenvalue weighted by molar-refractivity contribution is 0.0698. The maximum absolute atomic E-state index is 11.0. The lowest BCUT2D eigenvalue weighted by Crippen LogP contribution is -2.02. The van der Waals surface area contributed by atoms with Crippen LogP contribution in [0.1, 0.15) is 41.6 Å². The van der Waals surface area contributed by atoms with E-state index in [1.807, 2.05) is 12.1 Å². The van der Waals surface area contributed by atoms with Crippen LogP contribution < -0.4 is 5.32 Å². The van der Waals surface area contributed by atoms with Gasteiger partial charge in [0.05, 0.1) is 11.3 Å². The van der Waals surface area contributed by atoms with E-state index in [2.05, 4.69) is 12.2 Å². The molecule has 1 aliphatic heterocycles. The van der Waals surface area contributed by atoms with E-state index in [1.165, 1.54) is 0 Å². The molecule has 3 nitrogen and oxygen atoms in total. The van der Waals surface area contributed by atoms with Crippen molar-refractivity contribution in [2.24, 2.45) is 0 Å². The number of fused-ring (bicyclic) bond motifs is 1. The molecule has 0 bridgehead atoms. The van der Waals surface area contributed by atoms with Crippen molar-refractivity contribution in [1.82, 2.24) is 0 Å². The molecule has 0 amide bonds. The van der Waals surface area contributed by atoms with Gasteiger partial charge in [-0.25, -0.2) is 4.79 Å². The second kappa shape index (κ2) is 3.93. The van der Waals surface area contributed by atoms with Crippen LogP contribution in [0.4, 0.5) is 5.69 Å². The second-order valence-electron chi connectivity index (χ2n) is 3.94. The standard InChI is InChI=1S/C12H15NO2/c1-2-4-8-7-13-11-9(8)5-3-6-10(11)12(14)15/h3,5-6,8,13H,2,4,7H2,1H3,(H,14,15)/t8-/m1/s1. The molecule has 1 heterocycles. The van der Waals surface area contributed by atoms with E-state index in [4.69, 9.17) is 5.11 Å². The molecule has 0 aliphatic carbocycles. The van der Waals surface area contributed by atoms with Crippen LogP contribution in [0.15, 0.2) is 18.2 Å². The summed E-state index contributed by atoms with van der Waals surface area (Å²) in [6.07, 6.45) is 2.24. The highest BCUT2D eigenvalue weighted by molar-refractivity contribution is 5.95. The largest absolute Gasteiger partial charge is 0.478 e. The molecule has 80 valence electrons. The fraction of sp³-hybridized carbons (Fsp3) is 0.417. The number of nitrogens with one attached hydrogen (secondary N) is 1. The van der Waals surface area contributed by atoms with Crippen molar-refractivity contribution in [1.29, 1.82) is 0 Å². The minimum Gasteiger partial charge on any atom is -0.478 e. The van der Waals surface area contributed by atoms with Crippen molar-refractivity contribution in [3.63, 3.8) is 0 Å². The summed E-state index contributed by atoms with van der Waals surface area (Å²) >= 11 is 0. The van der Waals surface area contributed by atoms with Crippen molar-refractivity contribution in [3.05, 3.63) is 29.3 Å². The molecular weight excluding hydrogens is 190 g/mol. The maximum Gasteiger partial charge on any atom is 0.337 e. The molecule has 2 N–H and O–H groups in total. The Morgan fingerprint density at radius 1 is 1.60 bits per heavy atom. The Bertz CT molecular complexity index is 387. The lowest BCUT2D eigenvalue weighted by atomic mass is 9.95. The SMILES string of the molecule is CCC[C@@H]1CNc2c(C(=O)O)cccc21. The first-order valence-corrected chi connectivity index (χ1v) is 5.34. The topological polar surface area (TPSA) is 49.3 Å². The van der Waals surface area contributed by atoms with Crippen LogP contribution in [-0.4, -0.2) is 17.6 Å². The Kier molecular flexibility index (Phi) is 2.62. The van der Waals surface area contributed by atoms with Gasteiger partial charge in [0.1, 0.15) is 0 Å². The molecule has 2 rings (SSSR count). The predicted molar refractivity (Wildman–Crippen MR) is 59.5 cm³/mol. The molecule has 1 aliphatic rings. The van der Waals surface area contributed by atoms with Crippen LogP contribution in [0.2, 0.25) is 0 Å². The third kappa shape index (κ3) is 1.69. The van der Waals surface area contributed by atoms with Gasteiger partial charge in [0, 0.05) is 12.5 Å². The number of carbonyl (C=O) groups is 1. The zero-order valence-corrected chi connectivity index (χ0v) is 8.79. The molecular formula is C12H15NO2. The highest BCUT2D eigenvalue weighted by Gasteiger charge is 2.25. The van der Waals surface area contributed by atoms with Gasteiger partial charge in [0.2, 0.25) is 0 Å². The third-order valence-corrected chi connectivity index (χ3v) is 2.93. The summed E-state index contributed by atoms with van der Waals surface area (Å²) in [6.45, 7) is 3.02. The summed E-state index contributed by atoms with van der Waals surface area (Å²) in [4.78, 5) is 11.0. The molecule has 0 saturated carbocycles. The molecule has 1 aromatic rings. The van der Waals surface area contributed by atoms with E-state index in [9.17, 15) is 4.79 Å². The average Bonchev–Trinajstić information content (AvgIpc) is 2.62. The van der Waals surface area contributed by atoms with Gasteiger partial charge in [0.25, 0.3) is 0 Å². The van der Waals surface area contributed by atoms with Gasteiger partial charge in [-0.3, -0.25) is 0 Å². The molecule has 1 aromatic carbocycles. The predicted octanol–water partition coefficient (Wildman–Crippen LogP) is 2.69. The average molecular weight is 205 g/mol. The molecule has 0 fully saturated rings. The van der Waals surface area contributed by atoms with Gasteiger partial charge in [-0.2, -0.15) is 0 Å². The second-order valence-corrected chi connectivity index (χ2v) is 3.94. The van der Waals surface area contributed by atoms with Gasteiger partial charge in [-0.15, -0.1) is 0 Å². The number of anilines is 1. The first-order chi connectivity index (χ1) is 7.24. The Labute approximate surface area is 89.1 Å². The monoisotopic (exact) mass is 205 g/mol. The third-order valence-electron chi connectivity index (χ3n) is 2.93. The quantitative estimate of drug-likeness (QED) is 0.797.